The fourth-order valence-corrected chi connectivity index (χ4v) is 3.80. The number of aliphatic hydroxyl groups is 1. The summed E-state index contributed by atoms with van der Waals surface area (Å²) in [4.78, 5) is 29.2. The Labute approximate surface area is 175 Å². The molecule has 0 saturated heterocycles. The van der Waals surface area contributed by atoms with Crippen LogP contribution in [0.4, 0.5) is 5.69 Å². The van der Waals surface area contributed by atoms with Crippen molar-refractivity contribution in [1.82, 2.24) is 10.2 Å². The third-order valence-corrected chi connectivity index (χ3v) is 5.56. The summed E-state index contributed by atoms with van der Waals surface area (Å²) in [5.41, 5.74) is 2.53. The molecule has 2 amide bonds. The molecule has 0 radical (unpaired) electrons. The highest BCUT2D eigenvalue weighted by Crippen LogP contribution is 2.26. The quantitative estimate of drug-likeness (QED) is 0.740. The first-order valence-corrected chi connectivity index (χ1v) is 11.0. The summed E-state index contributed by atoms with van der Waals surface area (Å²) in [7, 11) is 0. The van der Waals surface area contributed by atoms with Gasteiger partial charge in [0.25, 0.3) is 5.91 Å². The number of hydrogen-bond donors (Lipinski definition) is 2. The van der Waals surface area contributed by atoms with E-state index < -0.39 is 0 Å². The summed E-state index contributed by atoms with van der Waals surface area (Å²) in [6.45, 7) is 8.96. The maximum absolute atomic E-state index is 12.5. The number of anilines is 1. The molecule has 1 heterocycles. The van der Waals surface area contributed by atoms with Gasteiger partial charge in [0.1, 0.15) is 0 Å². The molecular weight excluding hydrogens is 366 g/mol. The van der Waals surface area contributed by atoms with E-state index in [9.17, 15) is 9.59 Å². The van der Waals surface area contributed by atoms with Crippen LogP contribution >= 0.6 is 0 Å². The van der Waals surface area contributed by atoms with Crippen molar-refractivity contribution in [2.24, 2.45) is 0 Å². The molecule has 1 aliphatic rings. The van der Waals surface area contributed by atoms with E-state index in [0.29, 0.717) is 37.7 Å². The highest BCUT2D eigenvalue weighted by Gasteiger charge is 2.20. The van der Waals surface area contributed by atoms with Gasteiger partial charge in [-0.25, -0.2) is 0 Å². The lowest BCUT2D eigenvalue weighted by Gasteiger charge is -2.31. The Hall–Kier alpha value is -1.92. The van der Waals surface area contributed by atoms with Crippen molar-refractivity contribution in [1.29, 1.82) is 0 Å². The summed E-state index contributed by atoms with van der Waals surface area (Å²) >= 11 is 0. The first kappa shape index (κ1) is 23.4. The Balaban J connectivity index is 2.38. The SMILES string of the molecule is CC(=O)N1CCCCCCCN(C(C)C)Cc2cc(C(=O)NCCCO)ccc21. The van der Waals surface area contributed by atoms with Crippen LogP contribution in [-0.2, 0) is 11.3 Å². The molecule has 0 aromatic heterocycles. The first-order chi connectivity index (χ1) is 13.9. The zero-order valence-corrected chi connectivity index (χ0v) is 18.2. The normalized spacial score (nSPS) is 16.7. The van der Waals surface area contributed by atoms with Crippen LogP contribution in [0.1, 0.15) is 75.2 Å². The second kappa shape index (κ2) is 11.9. The van der Waals surface area contributed by atoms with E-state index >= 15 is 0 Å². The zero-order chi connectivity index (χ0) is 21.2. The first-order valence-electron chi connectivity index (χ1n) is 11.0. The van der Waals surface area contributed by atoms with Crippen molar-refractivity contribution in [2.45, 2.75) is 71.9 Å². The van der Waals surface area contributed by atoms with Gasteiger partial charge in [0.15, 0.2) is 0 Å². The molecule has 2 rings (SSSR count). The number of nitrogens with zero attached hydrogens (tertiary/aromatic N) is 2. The Kier molecular flexibility index (Phi) is 9.61. The zero-order valence-electron chi connectivity index (χ0n) is 18.2. The molecule has 0 fully saturated rings. The fourth-order valence-electron chi connectivity index (χ4n) is 3.80. The van der Waals surface area contributed by atoms with Gasteiger partial charge in [-0.05, 0) is 63.4 Å². The minimum absolute atomic E-state index is 0.0413. The van der Waals surface area contributed by atoms with Gasteiger partial charge in [0, 0.05) is 50.5 Å². The molecule has 2 N–H and O–H groups in total. The molecule has 6 heteroatoms. The lowest BCUT2D eigenvalue weighted by atomic mass is 10.0. The van der Waals surface area contributed by atoms with Gasteiger partial charge >= 0.3 is 0 Å². The molecule has 1 aromatic rings. The molecule has 6 nitrogen and oxygen atoms in total. The van der Waals surface area contributed by atoms with Crippen LogP contribution in [0.2, 0.25) is 0 Å². The predicted molar refractivity (Wildman–Crippen MR) is 117 cm³/mol. The van der Waals surface area contributed by atoms with E-state index in [2.05, 4.69) is 24.1 Å². The van der Waals surface area contributed by atoms with Gasteiger partial charge in [0.2, 0.25) is 5.91 Å². The number of rotatable bonds is 5. The third kappa shape index (κ3) is 7.12. The second-order valence-corrected chi connectivity index (χ2v) is 8.18. The molecule has 29 heavy (non-hydrogen) atoms. The van der Waals surface area contributed by atoms with Gasteiger partial charge in [-0.1, -0.05) is 19.3 Å². The van der Waals surface area contributed by atoms with Crippen LogP contribution < -0.4 is 10.2 Å². The summed E-state index contributed by atoms with van der Waals surface area (Å²) in [6.07, 6.45) is 6.25. The fraction of sp³-hybridized carbons (Fsp3) is 0.652. The Bertz CT molecular complexity index is 675. The maximum atomic E-state index is 12.5. The average molecular weight is 404 g/mol. The molecule has 0 unspecified atom stereocenters. The minimum Gasteiger partial charge on any atom is -0.396 e. The van der Waals surface area contributed by atoms with E-state index in [1.54, 1.807) is 13.0 Å². The van der Waals surface area contributed by atoms with Crippen LogP contribution in [0, 0.1) is 0 Å². The van der Waals surface area contributed by atoms with E-state index in [1.807, 2.05) is 17.0 Å². The predicted octanol–water partition coefficient (Wildman–Crippen LogP) is 3.33. The molecular formula is C23H37N3O3. The van der Waals surface area contributed by atoms with Crippen molar-refractivity contribution >= 4 is 17.5 Å². The number of hydrogen-bond acceptors (Lipinski definition) is 4. The van der Waals surface area contributed by atoms with Crippen LogP contribution in [0.15, 0.2) is 18.2 Å². The van der Waals surface area contributed by atoms with Crippen LogP contribution in [0.5, 0.6) is 0 Å². The van der Waals surface area contributed by atoms with E-state index in [4.69, 9.17) is 5.11 Å². The molecule has 1 aliphatic heterocycles. The van der Waals surface area contributed by atoms with Crippen molar-refractivity contribution in [3.8, 4) is 0 Å². The molecule has 0 aliphatic carbocycles. The van der Waals surface area contributed by atoms with Crippen LogP contribution in [-0.4, -0.2) is 54.1 Å². The van der Waals surface area contributed by atoms with Gasteiger partial charge in [-0.15, -0.1) is 0 Å². The van der Waals surface area contributed by atoms with Gasteiger partial charge in [-0.2, -0.15) is 0 Å². The summed E-state index contributed by atoms with van der Waals surface area (Å²) < 4.78 is 0. The third-order valence-electron chi connectivity index (χ3n) is 5.56. The summed E-state index contributed by atoms with van der Waals surface area (Å²) in [5, 5.41) is 11.8. The standard InChI is InChI=1S/C23H37N3O3/c1-18(2)25-13-7-5-4-6-8-14-26(19(3)28)22-11-10-20(16-21(22)17-25)23(29)24-12-9-15-27/h10-11,16,18,27H,4-9,12-15,17H2,1-3H3,(H,24,29). The number of fused-ring (bicyclic) bond motifs is 1. The molecule has 162 valence electrons. The minimum atomic E-state index is -0.141. The van der Waals surface area contributed by atoms with E-state index in [1.165, 1.54) is 19.3 Å². The molecule has 0 atom stereocenters. The molecule has 0 bridgehead atoms. The molecule has 0 saturated carbocycles. The van der Waals surface area contributed by atoms with E-state index in [-0.39, 0.29) is 18.4 Å². The maximum Gasteiger partial charge on any atom is 0.251 e. The lowest BCUT2D eigenvalue weighted by molar-refractivity contribution is -0.116. The van der Waals surface area contributed by atoms with Crippen molar-refractivity contribution in [3.63, 3.8) is 0 Å². The highest BCUT2D eigenvalue weighted by molar-refractivity contribution is 5.97. The largest absolute Gasteiger partial charge is 0.396 e. The van der Waals surface area contributed by atoms with Gasteiger partial charge < -0.3 is 15.3 Å². The summed E-state index contributed by atoms with van der Waals surface area (Å²) in [5.74, 6) is -0.0996. The molecule has 0 spiro atoms. The Morgan fingerprint density at radius 1 is 1.10 bits per heavy atom. The number of carbonyl (C=O) groups excluding carboxylic acids is 2. The van der Waals surface area contributed by atoms with Crippen molar-refractivity contribution < 1.29 is 14.7 Å². The number of nitrogens with one attached hydrogen (secondary N) is 1. The monoisotopic (exact) mass is 403 g/mol. The Morgan fingerprint density at radius 3 is 2.45 bits per heavy atom. The number of carbonyl (C=O) groups is 2. The van der Waals surface area contributed by atoms with Crippen molar-refractivity contribution in [3.05, 3.63) is 29.3 Å². The smallest absolute Gasteiger partial charge is 0.251 e. The second-order valence-electron chi connectivity index (χ2n) is 8.18. The lowest BCUT2D eigenvalue weighted by Crippen LogP contribution is -2.35. The van der Waals surface area contributed by atoms with E-state index in [0.717, 1.165) is 30.6 Å². The van der Waals surface area contributed by atoms with Crippen molar-refractivity contribution in [2.75, 3.05) is 31.1 Å². The molecule has 1 aromatic carbocycles. The van der Waals surface area contributed by atoms with Gasteiger partial charge in [0.05, 0.1) is 0 Å². The number of aliphatic hydroxyl groups excluding tert-OH is 1. The summed E-state index contributed by atoms with van der Waals surface area (Å²) in [6, 6.07) is 6.04. The highest BCUT2D eigenvalue weighted by atomic mass is 16.3. The average Bonchev–Trinajstić information content (AvgIpc) is 2.67. The number of amides is 2. The van der Waals surface area contributed by atoms with Crippen LogP contribution in [0.25, 0.3) is 0 Å². The topological polar surface area (TPSA) is 72.9 Å². The van der Waals surface area contributed by atoms with Crippen LogP contribution in [0.3, 0.4) is 0 Å². The Morgan fingerprint density at radius 2 is 1.79 bits per heavy atom. The number of benzene rings is 1. The van der Waals surface area contributed by atoms with Gasteiger partial charge in [-0.3, -0.25) is 14.5 Å².